The Balaban J connectivity index is 2.15. The van der Waals surface area contributed by atoms with Crippen molar-refractivity contribution < 1.29 is 9.47 Å². The summed E-state index contributed by atoms with van der Waals surface area (Å²) in [7, 11) is 0. The highest BCUT2D eigenvalue weighted by molar-refractivity contribution is 5.77. The first-order valence-corrected chi connectivity index (χ1v) is 5.06. The third-order valence-electron chi connectivity index (χ3n) is 1.91. The van der Waals surface area contributed by atoms with Gasteiger partial charge in [-0.25, -0.2) is 0 Å². The molecule has 82 valence electrons. The van der Waals surface area contributed by atoms with Crippen molar-refractivity contribution in [2.24, 2.45) is 10.7 Å². The predicted octanol–water partition coefficient (Wildman–Crippen LogP) is -0.284. The number of ether oxygens (including phenoxy) is 2. The first-order valence-electron chi connectivity index (χ1n) is 5.06. The molecule has 1 heterocycles. The first-order chi connectivity index (χ1) is 6.83. The highest BCUT2D eigenvalue weighted by atomic mass is 16.6. The molecule has 0 aromatic heterocycles. The van der Waals surface area contributed by atoms with Crippen molar-refractivity contribution in [2.45, 2.75) is 19.4 Å². The van der Waals surface area contributed by atoms with Gasteiger partial charge in [0.25, 0.3) is 0 Å². The van der Waals surface area contributed by atoms with Crippen LogP contribution in [-0.2, 0) is 9.47 Å². The molecule has 0 aromatic rings. The normalized spacial score (nSPS) is 23.5. The molecule has 0 aromatic carbocycles. The maximum atomic E-state index is 5.62. The molecule has 0 spiro atoms. The predicted molar refractivity (Wildman–Crippen MR) is 55.3 cm³/mol. The van der Waals surface area contributed by atoms with Crippen molar-refractivity contribution in [1.29, 1.82) is 0 Å². The van der Waals surface area contributed by atoms with Crippen LogP contribution in [0.3, 0.4) is 0 Å². The minimum atomic E-state index is 0.0609. The Morgan fingerprint density at radius 3 is 3.07 bits per heavy atom. The molecule has 1 saturated heterocycles. The van der Waals surface area contributed by atoms with Gasteiger partial charge in [0.1, 0.15) is 6.10 Å². The van der Waals surface area contributed by atoms with Gasteiger partial charge in [-0.15, -0.1) is 0 Å². The van der Waals surface area contributed by atoms with Crippen LogP contribution in [0.1, 0.15) is 13.3 Å². The number of guanidine groups is 1. The molecule has 1 atom stereocenters. The minimum absolute atomic E-state index is 0.0609. The third kappa shape index (κ3) is 4.43. The van der Waals surface area contributed by atoms with Crippen LogP contribution >= 0.6 is 0 Å². The van der Waals surface area contributed by atoms with Gasteiger partial charge in [-0.3, -0.25) is 4.99 Å². The molecule has 1 aliphatic heterocycles. The molecule has 5 heteroatoms. The van der Waals surface area contributed by atoms with Crippen LogP contribution in [0.15, 0.2) is 4.99 Å². The van der Waals surface area contributed by atoms with E-state index in [0.29, 0.717) is 32.3 Å². The second-order valence-corrected chi connectivity index (χ2v) is 3.22. The van der Waals surface area contributed by atoms with Gasteiger partial charge < -0.3 is 20.5 Å². The number of nitrogens with one attached hydrogen (secondary N) is 1. The summed E-state index contributed by atoms with van der Waals surface area (Å²) in [5.74, 6) is 0.487. The van der Waals surface area contributed by atoms with Gasteiger partial charge in [0.15, 0.2) is 5.96 Å². The van der Waals surface area contributed by atoms with E-state index < -0.39 is 0 Å². The van der Waals surface area contributed by atoms with Crippen molar-refractivity contribution >= 4 is 5.96 Å². The molecule has 14 heavy (non-hydrogen) atoms. The maximum absolute atomic E-state index is 5.62. The zero-order valence-corrected chi connectivity index (χ0v) is 8.66. The van der Waals surface area contributed by atoms with Crippen LogP contribution in [0.25, 0.3) is 0 Å². The molecule has 0 saturated carbocycles. The fourth-order valence-corrected chi connectivity index (χ4v) is 1.15. The fourth-order valence-electron chi connectivity index (χ4n) is 1.15. The highest BCUT2D eigenvalue weighted by Gasteiger charge is 2.13. The van der Waals surface area contributed by atoms with E-state index in [9.17, 15) is 0 Å². The van der Waals surface area contributed by atoms with Crippen molar-refractivity contribution in [3.63, 3.8) is 0 Å². The third-order valence-corrected chi connectivity index (χ3v) is 1.91. The van der Waals surface area contributed by atoms with Gasteiger partial charge in [0, 0.05) is 6.54 Å². The summed E-state index contributed by atoms with van der Waals surface area (Å²) in [5, 5.41) is 3.00. The Labute approximate surface area is 84.7 Å². The lowest BCUT2D eigenvalue weighted by molar-refractivity contribution is -0.0832. The molecule has 0 bridgehead atoms. The molecule has 1 rings (SSSR count). The van der Waals surface area contributed by atoms with E-state index in [1.165, 1.54) is 0 Å². The number of aliphatic imine (C=N–C) groups is 1. The topological polar surface area (TPSA) is 68.9 Å². The van der Waals surface area contributed by atoms with Gasteiger partial charge in [-0.2, -0.15) is 0 Å². The van der Waals surface area contributed by atoms with E-state index in [2.05, 4.69) is 17.2 Å². The highest BCUT2D eigenvalue weighted by Crippen LogP contribution is 2.00. The summed E-state index contributed by atoms with van der Waals surface area (Å²) >= 11 is 0. The van der Waals surface area contributed by atoms with Gasteiger partial charge in [0.05, 0.1) is 26.4 Å². The Bertz CT molecular complexity index is 179. The van der Waals surface area contributed by atoms with E-state index in [1.807, 2.05) is 0 Å². The SMILES string of the molecule is CCCNC(N)=NCC1COCCO1. The summed E-state index contributed by atoms with van der Waals surface area (Å²) < 4.78 is 10.7. The van der Waals surface area contributed by atoms with E-state index in [-0.39, 0.29) is 6.10 Å². The number of rotatable bonds is 4. The lowest BCUT2D eigenvalue weighted by Crippen LogP contribution is -2.35. The van der Waals surface area contributed by atoms with Gasteiger partial charge in [-0.05, 0) is 6.42 Å². The minimum Gasteiger partial charge on any atom is -0.376 e. The van der Waals surface area contributed by atoms with E-state index >= 15 is 0 Å². The standard InChI is InChI=1S/C9H19N3O2/c1-2-3-11-9(10)12-6-8-7-13-4-5-14-8/h8H,2-7H2,1H3,(H3,10,11,12). The van der Waals surface area contributed by atoms with Crippen LogP contribution in [0.5, 0.6) is 0 Å². The van der Waals surface area contributed by atoms with E-state index in [1.54, 1.807) is 0 Å². The Morgan fingerprint density at radius 2 is 2.43 bits per heavy atom. The van der Waals surface area contributed by atoms with Crippen LogP contribution in [-0.4, -0.2) is 45.0 Å². The number of hydrogen-bond acceptors (Lipinski definition) is 3. The molecule has 0 aliphatic carbocycles. The maximum Gasteiger partial charge on any atom is 0.188 e. The average molecular weight is 201 g/mol. The van der Waals surface area contributed by atoms with Crippen LogP contribution in [0.4, 0.5) is 0 Å². The molecule has 1 fully saturated rings. The van der Waals surface area contributed by atoms with Crippen molar-refractivity contribution in [3.8, 4) is 0 Å². The first kappa shape index (κ1) is 11.3. The van der Waals surface area contributed by atoms with Gasteiger partial charge >= 0.3 is 0 Å². The molecule has 1 aliphatic rings. The second kappa shape index (κ2) is 6.62. The summed E-state index contributed by atoms with van der Waals surface area (Å²) in [4.78, 5) is 4.16. The molecule has 0 amide bonds. The largest absolute Gasteiger partial charge is 0.376 e. The zero-order chi connectivity index (χ0) is 10.2. The quantitative estimate of drug-likeness (QED) is 0.484. The van der Waals surface area contributed by atoms with Crippen LogP contribution < -0.4 is 11.1 Å². The van der Waals surface area contributed by atoms with E-state index in [4.69, 9.17) is 15.2 Å². The summed E-state index contributed by atoms with van der Waals surface area (Å²) in [6, 6.07) is 0. The lowest BCUT2D eigenvalue weighted by atomic mass is 10.3. The monoisotopic (exact) mass is 201 g/mol. The van der Waals surface area contributed by atoms with E-state index in [0.717, 1.165) is 13.0 Å². The lowest BCUT2D eigenvalue weighted by Gasteiger charge is -2.21. The number of nitrogens with two attached hydrogens (primary N) is 1. The van der Waals surface area contributed by atoms with Crippen LogP contribution in [0.2, 0.25) is 0 Å². The Kier molecular flexibility index (Phi) is 5.32. The fraction of sp³-hybridized carbons (Fsp3) is 0.889. The molecule has 3 N–H and O–H groups in total. The van der Waals surface area contributed by atoms with Gasteiger partial charge in [-0.1, -0.05) is 6.92 Å². The summed E-state index contributed by atoms with van der Waals surface area (Å²) in [6.45, 7) is 5.47. The molecule has 5 nitrogen and oxygen atoms in total. The second-order valence-electron chi connectivity index (χ2n) is 3.22. The summed E-state index contributed by atoms with van der Waals surface area (Å²) in [6.07, 6.45) is 1.10. The van der Waals surface area contributed by atoms with Crippen molar-refractivity contribution in [1.82, 2.24) is 5.32 Å². The molecular formula is C9H19N3O2. The average Bonchev–Trinajstić information content (AvgIpc) is 2.25. The molecule has 1 unspecified atom stereocenters. The Hall–Kier alpha value is -0.810. The van der Waals surface area contributed by atoms with Gasteiger partial charge in [0.2, 0.25) is 0 Å². The molecule has 0 radical (unpaired) electrons. The molecular weight excluding hydrogens is 182 g/mol. The van der Waals surface area contributed by atoms with Crippen LogP contribution in [0, 0.1) is 0 Å². The Morgan fingerprint density at radius 1 is 1.57 bits per heavy atom. The smallest absolute Gasteiger partial charge is 0.188 e. The number of hydrogen-bond donors (Lipinski definition) is 2. The van der Waals surface area contributed by atoms with Crippen molar-refractivity contribution in [2.75, 3.05) is 32.9 Å². The number of nitrogens with zero attached hydrogens (tertiary/aromatic N) is 1. The van der Waals surface area contributed by atoms with Crippen molar-refractivity contribution in [3.05, 3.63) is 0 Å². The zero-order valence-electron chi connectivity index (χ0n) is 8.66. The summed E-state index contributed by atoms with van der Waals surface area (Å²) in [5.41, 5.74) is 5.62.